The summed E-state index contributed by atoms with van der Waals surface area (Å²) in [5.74, 6) is 0. The number of aromatic nitrogens is 2. The van der Waals surface area contributed by atoms with Crippen molar-refractivity contribution in [2.75, 3.05) is 26.2 Å². The predicted octanol–water partition coefficient (Wildman–Crippen LogP) is 1.96. The minimum atomic E-state index is -0.409. The fourth-order valence-electron chi connectivity index (χ4n) is 2.54. The molecule has 0 amide bonds. The van der Waals surface area contributed by atoms with Crippen LogP contribution in [0.4, 0.5) is 0 Å². The number of piperidine rings is 1. The lowest BCUT2D eigenvalue weighted by Crippen LogP contribution is -2.41. The average Bonchev–Trinajstić information content (AvgIpc) is 2.84. The van der Waals surface area contributed by atoms with Crippen LogP contribution in [-0.2, 0) is 4.74 Å². The number of aliphatic hydroxyl groups excluding tert-OH is 1. The molecule has 20 heavy (non-hydrogen) atoms. The van der Waals surface area contributed by atoms with Gasteiger partial charge in [0.25, 0.3) is 0 Å². The Morgan fingerprint density at radius 3 is 2.70 bits per heavy atom. The van der Waals surface area contributed by atoms with E-state index in [0.717, 1.165) is 25.9 Å². The van der Waals surface area contributed by atoms with Crippen LogP contribution in [0.25, 0.3) is 0 Å². The van der Waals surface area contributed by atoms with Crippen LogP contribution < -0.4 is 0 Å². The summed E-state index contributed by atoms with van der Waals surface area (Å²) in [7, 11) is 0. The lowest BCUT2D eigenvalue weighted by molar-refractivity contribution is -0.0123. The number of halogens is 1. The second-order valence-corrected chi connectivity index (χ2v) is 6.14. The topological polar surface area (TPSA) is 50.5 Å². The number of β-amino-alcohol motifs (C(OH)–C–C–N with tert-alkyl or cyclic N) is 1. The van der Waals surface area contributed by atoms with Crippen molar-refractivity contribution in [1.82, 2.24) is 14.7 Å². The van der Waals surface area contributed by atoms with Crippen molar-refractivity contribution in [3.8, 4) is 0 Å². The Balaban J connectivity index is 1.71. The Kier molecular flexibility index (Phi) is 5.84. The van der Waals surface area contributed by atoms with E-state index < -0.39 is 6.10 Å². The molecule has 1 saturated heterocycles. The molecule has 1 aliphatic heterocycles. The van der Waals surface area contributed by atoms with E-state index in [0.29, 0.717) is 24.2 Å². The van der Waals surface area contributed by atoms with Gasteiger partial charge in [0, 0.05) is 25.8 Å². The monoisotopic (exact) mass is 301 g/mol. The van der Waals surface area contributed by atoms with E-state index in [4.69, 9.17) is 16.3 Å². The van der Waals surface area contributed by atoms with Crippen molar-refractivity contribution in [3.63, 3.8) is 0 Å². The smallest absolute Gasteiger partial charge is 0.0900 e. The predicted molar refractivity (Wildman–Crippen MR) is 79.0 cm³/mol. The molecule has 0 radical (unpaired) electrons. The summed E-state index contributed by atoms with van der Waals surface area (Å²) in [5, 5.41) is 14.9. The Labute approximate surface area is 125 Å². The highest BCUT2D eigenvalue weighted by Crippen LogP contribution is 2.23. The second kappa shape index (κ2) is 7.41. The Morgan fingerprint density at radius 2 is 2.15 bits per heavy atom. The van der Waals surface area contributed by atoms with Crippen molar-refractivity contribution in [1.29, 1.82) is 0 Å². The normalized spacial score (nSPS) is 19.6. The summed E-state index contributed by atoms with van der Waals surface area (Å²) in [5.41, 5.74) is 0. The van der Waals surface area contributed by atoms with E-state index in [1.807, 2.05) is 24.7 Å². The van der Waals surface area contributed by atoms with Gasteiger partial charge in [0.15, 0.2) is 0 Å². The molecule has 6 heteroatoms. The van der Waals surface area contributed by atoms with Gasteiger partial charge in [-0.25, -0.2) is 0 Å². The lowest BCUT2D eigenvalue weighted by atomic mass is 10.1. The summed E-state index contributed by atoms with van der Waals surface area (Å²) in [6, 6.07) is 0.419. The van der Waals surface area contributed by atoms with Gasteiger partial charge in [0.05, 0.1) is 36.1 Å². The zero-order valence-electron chi connectivity index (χ0n) is 12.2. The van der Waals surface area contributed by atoms with Crippen LogP contribution in [-0.4, -0.2) is 58.2 Å². The molecule has 0 spiro atoms. The molecule has 0 aliphatic carbocycles. The second-order valence-electron chi connectivity index (χ2n) is 5.71. The van der Waals surface area contributed by atoms with Gasteiger partial charge in [-0.3, -0.25) is 4.68 Å². The maximum absolute atomic E-state index is 9.93. The van der Waals surface area contributed by atoms with Gasteiger partial charge in [0.1, 0.15) is 0 Å². The number of ether oxygens (including phenoxy) is 1. The molecule has 0 bridgehead atoms. The minimum absolute atomic E-state index is 0.167. The van der Waals surface area contributed by atoms with Gasteiger partial charge >= 0.3 is 0 Å². The van der Waals surface area contributed by atoms with Crippen LogP contribution in [0.1, 0.15) is 32.7 Å². The Hall–Kier alpha value is -0.620. The van der Waals surface area contributed by atoms with Crippen LogP contribution in [0.2, 0.25) is 5.02 Å². The first-order chi connectivity index (χ1) is 9.54. The number of hydrogen-bond acceptors (Lipinski definition) is 4. The van der Waals surface area contributed by atoms with Crippen molar-refractivity contribution in [2.45, 2.75) is 44.9 Å². The summed E-state index contributed by atoms with van der Waals surface area (Å²) in [6.45, 7) is 6.99. The van der Waals surface area contributed by atoms with E-state index in [2.05, 4.69) is 10.00 Å². The molecule has 0 saturated carbocycles. The first-order valence-corrected chi connectivity index (χ1v) is 7.64. The third-order valence-electron chi connectivity index (χ3n) is 3.59. The highest BCUT2D eigenvalue weighted by Gasteiger charge is 2.22. The van der Waals surface area contributed by atoms with E-state index in [9.17, 15) is 5.11 Å². The molecule has 1 fully saturated rings. The van der Waals surface area contributed by atoms with Crippen LogP contribution in [0.3, 0.4) is 0 Å². The van der Waals surface area contributed by atoms with Gasteiger partial charge in [-0.1, -0.05) is 11.6 Å². The van der Waals surface area contributed by atoms with E-state index >= 15 is 0 Å². The maximum Gasteiger partial charge on any atom is 0.0900 e. The molecule has 1 unspecified atom stereocenters. The molecule has 1 aliphatic rings. The van der Waals surface area contributed by atoms with Crippen molar-refractivity contribution >= 4 is 11.6 Å². The molecule has 2 heterocycles. The summed E-state index contributed by atoms with van der Waals surface area (Å²) in [6.07, 6.45) is 5.40. The van der Waals surface area contributed by atoms with Gasteiger partial charge < -0.3 is 14.7 Å². The lowest BCUT2D eigenvalue weighted by Gasteiger charge is -2.33. The van der Waals surface area contributed by atoms with Crippen molar-refractivity contribution in [2.24, 2.45) is 0 Å². The zero-order chi connectivity index (χ0) is 14.5. The number of nitrogens with zero attached hydrogens (tertiary/aromatic N) is 3. The van der Waals surface area contributed by atoms with Gasteiger partial charge in [-0.2, -0.15) is 5.10 Å². The average molecular weight is 302 g/mol. The molecule has 1 N–H and O–H groups in total. The Bertz CT molecular complexity index is 403. The van der Waals surface area contributed by atoms with Gasteiger partial charge in [-0.15, -0.1) is 0 Å². The summed E-state index contributed by atoms with van der Waals surface area (Å²) in [4.78, 5) is 2.29. The molecule has 114 valence electrons. The minimum Gasteiger partial charge on any atom is -0.389 e. The van der Waals surface area contributed by atoms with Gasteiger partial charge in [0.2, 0.25) is 0 Å². The van der Waals surface area contributed by atoms with Crippen molar-refractivity contribution < 1.29 is 9.84 Å². The maximum atomic E-state index is 9.93. The highest BCUT2D eigenvalue weighted by molar-refractivity contribution is 6.30. The molecule has 5 nitrogen and oxygen atoms in total. The largest absolute Gasteiger partial charge is 0.389 e. The number of aliphatic hydroxyl groups is 1. The molecule has 1 aromatic heterocycles. The van der Waals surface area contributed by atoms with Crippen LogP contribution in [0.5, 0.6) is 0 Å². The molecular weight excluding hydrogens is 278 g/mol. The van der Waals surface area contributed by atoms with Crippen LogP contribution in [0.15, 0.2) is 12.4 Å². The first-order valence-electron chi connectivity index (χ1n) is 7.26. The number of hydrogen-bond donors (Lipinski definition) is 1. The number of likely N-dealkylation sites (tertiary alicyclic amines) is 1. The Morgan fingerprint density at radius 1 is 1.45 bits per heavy atom. The zero-order valence-corrected chi connectivity index (χ0v) is 13.0. The number of rotatable bonds is 6. The van der Waals surface area contributed by atoms with E-state index in [1.54, 1.807) is 6.20 Å². The van der Waals surface area contributed by atoms with Crippen LogP contribution in [0, 0.1) is 0 Å². The standard InChI is InChI=1S/C14H24ClN3O2/c1-11(2)20-10-14(19)9-17-5-3-13(4-6-17)18-8-12(15)7-16-18/h7-8,11,13-14,19H,3-6,9-10H2,1-2H3. The highest BCUT2D eigenvalue weighted by atomic mass is 35.5. The fourth-order valence-corrected chi connectivity index (χ4v) is 2.68. The molecular formula is C14H24ClN3O2. The molecule has 2 rings (SSSR count). The molecule has 0 aromatic carbocycles. The fraction of sp³-hybridized carbons (Fsp3) is 0.786. The quantitative estimate of drug-likeness (QED) is 0.873. The van der Waals surface area contributed by atoms with E-state index in [1.165, 1.54) is 0 Å². The third kappa shape index (κ3) is 4.74. The SMILES string of the molecule is CC(C)OCC(O)CN1CCC(n2cc(Cl)cn2)CC1. The first kappa shape index (κ1) is 15.8. The molecule has 1 aromatic rings. The third-order valence-corrected chi connectivity index (χ3v) is 3.79. The summed E-state index contributed by atoms with van der Waals surface area (Å²) < 4.78 is 7.39. The molecule has 1 atom stereocenters. The van der Waals surface area contributed by atoms with Crippen molar-refractivity contribution in [3.05, 3.63) is 17.4 Å². The van der Waals surface area contributed by atoms with E-state index in [-0.39, 0.29) is 6.10 Å². The van der Waals surface area contributed by atoms with Crippen LogP contribution >= 0.6 is 11.6 Å². The summed E-state index contributed by atoms with van der Waals surface area (Å²) >= 11 is 5.90. The van der Waals surface area contributed by atoms with Gasteiger partial charge in [-0.05, 0) is 26.7 Å².